The number of nitriles is 2. The van der Waals surface area contributed by atoms with Gasteiger partial charge in [0.05, 0.1) is 12.1 Å². The topological polar surface area (TPSA) is 47.6 Å². The molecule has 2 nitrogen and oxygen atoms in total. The first-order valence-electron chi connectivity index (χ1n) is 4.35. The Morgan fingerprint density at radius 2 is 2.17 bits per heavy atom. The highest BCUT2D eigenvalue weighted by Gasteiger charge is 2.09. The fourth-order valence-electron chi connectivity index (χ4n) is 1.43. The van der Waals surface area contributed by atoms with Crippen LogP contribution in [0.1, 0.15) is 32.1 Å². The number of nitrogens with zero attached hydrogens (tertiary/aromatic N) is 2. The van der Waals surface area contributed by atoms with E-state index in [2.05, 4.69) is 12.1 Å². The van der Waals surface area contributed by atoms with Crippen LogP contribution in [0.4, 0.5) is 0 Å². The van der Waals surface area contributed by atoms with Crippen molar-refractivity contribution in [3.63, 3.8) is 0 Å². The summed E-state index contributed by atoms with van der Waals surface area (Å²) in [6.07, 6.45) is 6.71. The van der Waals surface area contributed by atoms with Crippen molar-refractivity contribution in [2.45, 2.75) is 32.1 Å². The van der Waals surface area contributed by atoms with Crippen LogP contribution >= 0.6 is 0 Å². The summed E-state index contributed by atoms with van der Waals surface area (Å²) in [5, 5.41) is 17.4. The summed E-state index contributed by atoms with van der Waals surface area (Å²) in [4.78, 5) is 0. The molecule has 1 rings (SSSR count). The summed E-state index contributed by atoms with van der Waals surface area (Å²) >= 11 is 0. The van der Waals surface area contributed by atoms with Crippen LogP contribution in [0.25, 0.3) is 0 Å². The van der Waals surface area contributed by atoms with Crippen LogP contribution in [0.2, 0.25) is 0 Å². The second kappa shape index (κ2) is 4.57. The molecule has 0 fully saturated rings. The van der Waals surface area contributed by atoms with Gasteiger partial charge in [-0.15, -0.1) is 0 Å². The lowest BCUT2D eigenvalue weighted by Crippen LogP contribution is -1.99. The Morgan fingerprint density at radius 1 is 1.33 bits per heavy atom. The van der Waals surface area contributed by atoms with Gasteiger partial charge in [0, 0.05) is 11.5 Å². The number of hydrogen-bond acceptors (Lipinski definition) is 2. The first-order valence-corrected chi connectivity index (χ1v) is 4.35. The molecule has 0 amide bonds. The van der Waals surface area contributed by atoms with Crippen molar-refractivity contribution in [3.05, 3.63) is 11.6 Å². The van der Waals surface area contributed by atoms with Crippen LogP contribution in [-0.4, -0.2) is 0 Å². The van der Waals surface area contributed by atoms with Gasteiger partial charge in [0.15, 0.2) is 0 Å². The van der Waals surface area contributed by atoms with Crippen LogP contribution in [0.15, 0.2) is 11.6 Å². The maximum Gasteiger partial charge on any atom is 0.0943 e. The summed E-state index contributed by atoms with van der Waals surface area (Å²) in [6.45, 7) is 0. The summed E-state index contributed by atoms with van der Waals surface area (Å²) in [5.41, 5.74) is 0.856. The van der Waals surface area contributed by atoms with Crippen molar-refractivity contribution < 1.29 is 0 Å². The van der Waals surface area contributed by atoms with Gasteiger partial charge in [-0.2, -0.15) is 10.5 Å². The van der Waals surface area contributed by atoms with E-state index in [4.69, 9.17) is 10.5 Å². The fourth-order valence-corrected chi connectivity index (χ4v) is 1.43. The lowest BCUT2D eigenvalue weighted by Gasteiger charge is -2.09. The molecule has 0 N–H and O–H groups in total. The maximum absolute atomic E-state index is 8.70. The number of allylic oxidation sites excluding steroid dienone is 2. The van der Waals surface area contributed by atoms with E-state index in [-0.39, 0.29) is 5.92 Å². The van der Waals surface area contributed by atoms with Crippen LogP contribution < -0.4 is 0 Å². The van der Waals surface area contributed by atoms with Gasteiger partial charge in [0.25, 0.3) is 0 Å². The lowest BCUT2D eigenvalue weighted by molar-refractivity contribution is 0.545. The van der Waals surface area contributed by atoms with E-state index in [1.165, 1.54) is 0 Å². The Balaban J connectivity index is 2.60. The minimum absolute atomic E-state index is 0.133. The van der Waals surface area contributed by atoms with Crippen molar-refractivity contribution >= 4 is 0 Å². The molecule has 1 atom stereocenters. The Labute approximate surface area is 73.1 Å². The van der Waals surface area contributed by atoms with E-state index in [1.54, 1.807) is 0 Å². The first-order chi connectivity index (χ1) is 5.86. The van der Waals surface area contributed by atoms with E-state index in [0.29, 0.717) is 0 Å². The van der Waals surface area contributed by atoms with E-state index >= 15 is 0 Å². The van der Waals surface area contributed by atoms with Crippen molar-refractivity contribution in [3.8, 4) is 12.1 Å². The molecule has 0 saturated carbocycles. The van der Waals surface area contributed by atoms with Crippen molar-refractivity contribution in [1.82, 2.24) is 0 Å². The number of rotatable bonds is 0. The van der Waals surface area contributed by atoms with Gasteiger partial charge in [0.1, 0.15) is 0 Å². The molecule has 0 aromatic heterocycles. The molecule has 0 aromatic carbocycles. The fraction of sp³-hybridized carbons (Fsp3) is 0.600. The van der Waals surface area contributed by atoms with E-state index in [0.717, 1.165) is 37.7 Å². The average Bonchev–Trinajstić information content (AvgIpc) is 2.05. The molecule has 0 spiro atoms. The smallest absolute Gasteiger partial charge is 0.0943 e. The summed E-state index contributed by atoms with van der Waals surface area (Å²) in [7, 11) is 0. The second-order valence-corrected chi connectivity index (χ2v) is 3.15. The van der Waals surface area contributed by atoms with E-state index < -0.39 is 0 Å². The predicted octanol–water partition coefficient (Wildman–Crippen LogP) is 2.54. The van der Waals surface area contributed by atoms with Crippen LogP contribution in [-0.2, 0) is 0 Å². The third-order valence-corrected chi connectivity index (χ3v) is 2.22. The molecule has 2 heteroatoms. The van der Waals surface area contributed by atoms with Crippen molar-refractivity contribution in [2.75, 3.05) is 0 Å². The van der Waals surface area contributed by atoms with Gasteiger partial charge < -0.3 is 0 Å². The minimum Gasteiger partial charge on any atom is -0.198 e. The van der Waals surface area contributed by atoms with Crippen LogP contribution in [0, 0.1) is 28.6 Å². The largest absolute Gasteiger partial charge is 0.198 e. The second-order valence-electron chi connectivity index (χ2n) is 3.15. The maximum atomic E-state index is 8.70. The summed E-state index contributed by atoms with van der Waals surface area (Å²) in [5.74, 6) is 0.133. The van der Waals surface area contributed by atoms with Gasteiger partial charge in [0.2, 0.25) is 0 Å². The van der Waals surface area contributed by atoms with Crippen LogP contribution in [0.5, 0.6) is 0 Å². The molecule has 1 aliphatic rings. The zero-order chi connectivity index (χ0) is 8.81. The molecule has 0 radical (unpaired) electrons. The zero-order valence-corrected chi connectivity index (χ0v) is 7.08. The van der Waals surface area contributed by atoms with E-state index in [9.17, 15) is 0 Å². The Morgan fingerprint density at radius 3 is 2.83 bits per heavy atom. The molecule has 0 aliphatic heterocycles. The zero-order valence-electron chi connectivity index (χ0n) is 7.08. The highest BCUT2D eigenvalue weighted by molar-refractivity contribution is 5.21. The lowest BCUT2D eigenvalue weighted by atomic mass is 9.93. The number of hydrogen-bond donors (Lipinski definition) is 0. The Hall–Kier alpha value is -1.28. The molecular formula is C10H12N2. The predicted molar refractivity (Wildman–Crippen MR) is 45.9 cm³/mol. The molecular weight excluding hydrogens is 148 g/mol. The molecule has 62 valence electrons. The van der Waals surface area contributed by atoms with Gasteiger partial charge in [-0.1, -0.05) is 12.5 Å². The third-order valence-electron chi connectivity index (χ3n) is 2.22. The molecule has 12 heavy (non-hydrogen) atoms. The molecule has 1 unspecified atom stereocenters. The van der Waals surface area contributed by atoms with Gasteiger partial charge in [-0.3, -0.25) is 0 Å². The highest BCUT2D eigenvalue weighted by atomic mass is 14.3. The summed E-state index contributed by atoms with van der Waals surface area (Å²) < 4.78 is 0. The van der Waals surface area contributed by atoms with Crippen molar-refractivity contribution in [2.24, 2.45) is 5.92 Å². The SMILES string of the molecule is N#C/C1=C/CC(C#N)CCCC1. The average molecular weight is 160 g/mol. The molecule has 0 aromatic rings. The van der Waals surface area contributed by atoms with Gasteiger partial charge in [-0.25, -0.2) is 0 Å². The van der Waals surface area contributed by atoms with E-state index in [1.807, 2.05) is 6.08 Å². The monoisotopic (exact) mass is 160 g/mol. The Kier molecular flexibility index (Phi) is 3.35. The van der Waals surface area contributed by atoms with Gasteiger partial charge in [-0.05, 0) is 25.7 Å². The normalized spacial score (nSPS) is 28.5. The minimum atomic E-state index is 0.133. The first kappa shape index (κ1) is 8.81. The van der Waals surface area contributed by atoms with Crippen molar-refractivity contribution in [1.29, 1.82) is 10.5 Å². The standard InChI is InChI=1S/C10H12N2/c11-7-9-3-1-2-4-10(8-12)6-5-9/h5,10H,1-4,6H2/b9-5+. The summed E-state index contributed by atoms with van der Waals surface area (Å²) in [6, 6.07) is 4.43. The van der Waals surface area contributed by atoms with Gasteiger partial charge >= 0.3 is 0 Å². The van der Waals surface area contributed by atoms with Crippen LogP contribution in [0.3, 0.4) is 0 Å². The Bertz CT molecular complexity index is 252. The molecule has 1 aliphatic carbocycles. The molecule has 0 bridgehead atoms. The highest BCUT2D eigenvalue weighted by Crippen LogP contribution is 2.20. The quantitative estimate of drug-likeness (QED) is 0.546. The molecule has 0 saturated heterocycles. The third kappa shape index (κ3) is 2.40. The molecule has 0 heterocycles.